The first-order chi connectivity index (χ1) is 26.7. The van der Waals surface area contributed by atoms with Crippen molar-refractivity contribution in [1.29, 1.82) is 0 Å². The topological polar surface area (TPSA) is 65.0 Å². The molecular weight excluding hydrogens is 663 g/mol. The number of benzene rings is 8. The predicted octanol–water partition coefficient (Wildman–Crippen LogP) is 13.2. The lowest BCUT2D eigenvalue weighted by molar-refractivity contribution is 0.665. The Balaban J connectivity index is 1.10. The van der Waals surface area contributed by atoms with Crippen LogP contribution in [0.25, 0.3) is 111 Å². The van der Waals surface area contributed by atoms with Crippen LogP contribution in [-0.4, -0.2) is 15.0 Å². The Labute approximate surface area is 309 Å². The van der Waals surface area contributed by atoms with Gasteiger partial charge in [0.25, 0.3) is 0 Å². The molecule has 5 nitrogen and oxygen atoms in total. The number of rotatable bonds is 5. The van der Waals surface area contributed by atoms with Crippen molar-refractivity contribution in [2.75, 3.05) is 0 Å². The smallest absolute Gasteiger partial charge is 0.164 e. The van der Waals surface area contributed by atoms with E-state index in [2.05, 4.69) is 133 Å². The lowest BCUT2D eigenvalue weighted by Crippen LogP contribution is -2.00. The van der Waals surface area contributed by atoms with Gasteiger partial charge in [-0.15, -0.1) is 0 Å². The highest BCUT2D eigenvalue weighted by atomic mass is 16.3. The largest absolute Gasteiger partial charge is 0.455 e. The number of para-hydroxylation sites is 1. The molecule has 0 bridgehead atoms. The molecule has 11 rings (SSSR count). The minimum atomic E-state index is 0.588. The number of fused-ring (bicyclic) bond motifs is 10. The molecule has 0 radical (unpaired) electrons. The van der Waals surface area contributed by atoms with E-state index in [1.165, 1.54) is 0 Å². The molecule has 252 valence electrons. The summed E-state index contributed by atoms with van der Waals surface area (Å²) in [6.07, 6.45) is 0. The fraction of sp³-hybridized carbons (Fsp3) is 0. The molecule has 0 atom stereocenters. The van der Waals surface area contributed by atoms with Gasteiger partial charge in [0.2, 0.25) is 0 Å². The lowest BCUT2D eigenvalue weighted by Gasteiger charge is -2.10. The highest BCUT2D eigenvalue weighted by molar-refractivity contribution is 6.33. The van der Waals surface area contributed by atoms with E-state index >= 15 is 0 Å². The molecular formula is C49H29N3O2. The van der Waals surface area contributed by atoms with Crippen LogP contribution in [0.15, 0.2) is 185 Å². The number of aromatic nitrogens is 3. The molecule has 54 heavy (non-hydrogen) atoms. The van der Waals surface area contributed by atoms with Crippen molar-refractivity contribution in [2.24, 2.45) is 0 Å². The van der Waals surface area contributed by atoms with Gasteiger partial charge in [0, 0.05) is 38.2 Å². The molecule has 3 heterocycles. The lowest BCUT2D eigenvalue weighted by atomic mass is 9.99. The Bertz CT molecular complexity index is 3080. The molecule has 0 unspecified atom stereocenters. The van der Waals surface area contributed by atoms with Crippen LogP contribution in [0.3, 0.4) is 0 Å². The van der Waals surface area contributed by atoms with Crippen molar-refractivity contribution >= 4 is 54.6 Å². The third kappa shape index (κ3) is 4.90. The van der Waals surface area contributed by atoms with Gasteiger partial charge >= 0.3 is 0 Å². The van der Waals surface area contributed by atoms with Crippen LogP contribution in [0.1, 0.15) is 0 Å². The Hall–Kier alpha value is -7.37. The maximum absolute atomic E-state index is 6.70. The quantitative estimate of drug-likeness (QED) is 0.180. The second-order valence-electron chi connectivity index (χ2n) is 13.6. The summed E-state index contributed by atoms with van der Waals surface area (Å²) < 4.78 is 13.2. The molecule has 0 fully saturated rings. The summed E-state index contributed by atoms with van der Waals surface area (Å²) in [5.41, 5.74) is 10.6. The second-order valence-corrected chi connectivity index (χ2v) is 13.6. The Kier molecular flexibility index (Phi) is 6.79. The van der Waals surface area contributed by atoms with E-state index in [1.807, 2.05) is 42.5 Å². The highest BCUT2D eigenvalue weighted by Gasteiger charge is 2.22. The molecule has 0 saturated carbocycles. The maximum Gasteiger partial charge on any atom is 0.164 e. The van der Waals surface area contributed by atoms with Crippen molar-refractivity contribution in [1.82, 2.24) is 15.0 Å². The summed E-state index contributed by atoms with van der Waals surface area (Å²) >= 11 is 0. The van der Waals surface area contributed by atoms with Gasteiger partial charge in [0.05, 0.1) is 5.39 Å². The van der Waals surface area contributed by atoms with Gasteiger partial charge in [-0.25, -0.2) is 15.0 Å². The van der Waals surface area contributed by atoms with Gasteiger partial charge in [-0.2, -0.15) is 0 Å². The van der Waals surface area contributed by atoms with E-state index in [9.17, 15) is 0 Å². The standard InChI is InChI=1S/C49H29N3O2/c1-3-11-30(12-4-1)32-19-23-34(24-20-32)47-50-48(35-25-21-33(22-26-35)31-13-5-2-6-14-31)52-49(51-47)36-27-28-42-40(29-36)43-37-15-7-8-16-38(37)45-44(46(43)54-42)39-17-9-10-18-41(39)53-45/h1-29H. The van der Waals surface area contributed by atoms with Gasteiger partial charge in [-0.3, -0.25) is 0 Å². The molecule has 0 aliphatic heterocycles. The van der Waals surface area contributed by atoms with Crippen LogP contribution in [0, 0.1) is 0 Å². The average Bonchev–Trinajstić information content (AvgIpc) is 3.83. The fourth-order valence-electron chi connectivity index (χ4n) is 7.69. The fourth-order valence-corrected chi connectivity index (χ4v) is 7.69. The maximum atomic E-state index is 6.70. The molecule has 0 aliphatic carbocycles. The first-order valence-corrected chi connectivity index (χ1v) is 18.0. The van der Waals surface area contributed by atoms with Gasteiger partial charge < -0.3 is 8.83 Å². The van der Waals surface area contributed by atoms with Crippen LogP contribution in [0.4, 0.5) is 0 Å². The molecule has 5 heteroatoms. The van der Waals surface area contributed by atoms with E-state index in [0.29, 0.717) is 17.5 Å². The van der Waals surface area contributed by atoms with Crippen LogP contribution < -0.4 is 0 Å². The first-order valence-electron chi connectivity index (χ1n) is 18.0. The summed E-state index contributed by atoms with van der Waals surface area (Å²) in [6, 6.07) is 60.4. The van der Waals surface area contributed by atoms with E-state index < -0.39 is 0 Å². The van der Waals surface area contributed by atoms with Crippen molar-refractivity contribution in [3.8, 4) is 56.4 Å². The van der Waals surface area contributed by atoms with Crippen molar-refractivity contribution in [3.63, 3.8) is 0 Å². The first kappa shape index (κ1) is 30.3. The summed E-state index contributed by atoms with van der Waals surface area (Å²) in [5.74, 6) is 1.80. The second kappa shape index (κ2) is 12.1. The van der Waals surface area contributed by atoms with E-state index in [0.717, 1.165) is 93.6 Å². The zero-order chi connectivity index (χ0) is 35.6. The Morgan fingerprint density at radius 1 is 0.278 bits per heavy atom. The third-order valence-corrected chi connectivity index (χ3v) is 10.3. The highest BCUT2D eigenvalue weighted by Crippen LogP contribution is 2.45. The zero-order valence-electron chi connectivity index (χ0n) is 28.9. The van der Waals surface area contributed by atoms with Crippen LogP contribution >= 0.6 is 0 Å². The minimum absolute atomic E-state index is 0.588. The molecule has 0 N–H and O–H groups in total. The average molecular weight is 692 g/mol. The van der Waals surface area contributed by atoms with Crippen molar-refractivity contribution < 1.29 is 8.83 Å². The number of hydrogen-bond donors (Lipinski definition) is 0. The summed E-state index contributed by atoms with van der Waals surface area (Å²) in [5, 5.41) is 6.18. The minimum Gasteiger partial charge on any atom is -0.455 e. The molecule has 0 spiro atoms. The zero-order valence-corrected chi connectivity index (χ0v) is 28.9. The number of furan rings is 2. The monoisotopic (exact) mass is 691 g/mol. The van der Waals surface area contributed by atoms with E-state index in [4.69, 9.17) is 23.8 Å². The summed E-state index contributed by atoms with van der Waals surface area (Å²) in [6.45, 7) is 0. The van der Waals surface area contributed by atoms with Crippen molar-refractivity contribution in [3.05, 3.63) is 176 Å². The molecule has 3 aromatic heterocycles. The Morgan fingerprint density at radius 3 is 1.31 bits per heavy atom. The summed E-state index contributed by atoms with van der Waals surface area (Å²) in [7, 11) is 0. The normalized spacial score (nSPS) is 11.7. The van der Waals surface area contributed by atoms with Crippen LogP contribution in [0.5, 0.6) is 0 Å². The van der Waals surface area contributed by atoms with Gasteiger partial charge in [-0.05, 0) is 51.9 Å². The van der Waals surface area contributed by atoms with Gasteiger partial charge in [-0.1, -0.05) is 152 Å². The van der Waals surface area contributed by atoms with Crippen LogP contribution in [0.2, 0.25) is 0 Å². The SMILES string of the molecule is c1ccc(-c2ccc(-c3nc(-c4ccc(-c5ccccc5)cc4)nc(-c4ccc5oc6c(c5c4)c4ccccc4c4oc5ccccc5c46)n3)cc2)cc1. The van der Waals surface area contributed by atoms with Crippen LogP contribution in [-0.2, 0) is 0 Å². The summed E-state index contributed by atoms with van der Waals surface area (Å²) in [4.78, 5) is 15.3. The van der Waals surface area contributed by atoms with Gasteiger partial charge in [0.1, 0.15) is 22.3 Å². The Morgan fingerprint density at radius 2 is 0.704 bits per heavy atom. The molecule has 0 amide bonds. The van der Waals surface area contributed by atoms with Gasteiger partial charge in [0.15, 0.2) is 17.5 Å². The van der Waals surface area contributed by atoms with E-state index in [-0.39, 0.29) is 0 Å². The molecule has 8 aromatic carbocycles. The molecule has 0 saturated heterocycles. The van der Waals surface area contributed by atoms with Crippen molar-refractivity contribution in [2.45, 2.75) is 0 Å². The number of nitrogens with zero attached hydrogens (tertiary/aromatic N) is 3. The number of hydrogen-bond acceptors (Lipinski definition) is 5. The molecule has 11 aromatic rings. The third-order valence-electron chi connectivity index (χ3n) is 10.3. The molecule has 0 aliphatic rings. The van der Waals surface area contributed by atoms with E-state index in [1.54, 1.807) is 0 Å². The predicted molar refractivity (Wildman–Crippen MR) is 219 cm³/mol.